The summed E-state index contributed by atoms with van der Waals surface area (Å²) in [5.41, 5.74) is 0. The average molecular weight is 275 g/mol. The fraction of sp³-hybridized carbons (Fsp3) is 1.00. The van der Waals surface area contributed by atoms with E-state index in [9.17, 15) is 4.21 Å². The van der Waals surface area contributed by atoms with Gasteiger partial charge in [-0.2, -0.15) is 0 Å². The Morgan fingerprint density at radius 1 is 0.778 bits per heavy atom. The third-order valence-electron chi connectivity index (χ3n) is 3.93. The molecule has 18 heavy (non-hydrogen) atoms. The first kappa shape index (κ1) is 18.1. The zero-order valence-corrected chi connectivity index (χ0v) is 13.9. The van der Waals surface area contributed by atoms with Gasteiger partial charge in [0.15, 0.2) is 0 Å². The maximum absolute atomic E-state index is 12.2. The molecule has 0 aromatic carbocycles. The SMILES string of the molecule is CCCC[C@@H](CC)CS(=O)C[C@@H](CC)CCCC. The van der Waals surface area contributed by atoms with E-state index in [1.807, 2.05) is 0 Å². The lowest BCUT2D eigenvalue weighted by molar-refractivity contribution is 0.480. The molecule has 1 unspecified atom stereocenters. The van der Waals surface area contributed by atoms with Crippen molar-refractivity contribution < 1.29 is 4.21 Å². The van der Waals surface area contributed by atoms with E-state index in [4.69, 9.17) is 0 Å². The fourth-order valence-electron chi connectivity index (χ4n) is 2.39. The van der Waals surface area contributed by atoms with E-state index in [1.54, 1.807) is 0 Å². The van der Waals surface area contributed by atoms with Crippen LogP contribution in [0.2, 0.25) is 0 Å². The molecule has 0 fully saturated rings. The number of unbranched alkanes of at least 4 members (excludes halogenated alkanes) is 2. The first-order valence-corrected chi connectivity index (χ1v) is 9.51. The van der Waals surface area contributed by atoms with Crippen molar-refractivity contribution in [2.45, 2.75) is 79.1 Å². The van der Waals surface area contributed by atoms with Gasteiger partial charge in [-0.1, -0.05) is 66.2 Å². The van der Waals surface area contributed by atoms with Crippen molar-refractivity contribution in [1.29, 1.82) is 0 Å². The van der Waals surface area contributed by atoms with Gasteiger partial charge in [0.1, 0.15) is 0 Å². The zero-order chi connectivity index (χ0) is 13.8. The lowest BCUT2D eigenvalue weighted by atomic mass is 10.0. The van der Waals surface area contributed by atoms with E-state index in [2.05, 4.69) is 27.7 Å². The van der Waals surface area contributed by atoms with Crippen molar-refractivity contribution in [2.75, 3.05) is 11.5 Å². The van der Waals surface area contributed by atoms with Crippen LogP contribution >= 0.6 is 0 Å². The molecular weight excluding hydrogens is 240 g/mol. The van der Waals surface area contributed by atoms with E-state index in [-0.39, 0.29) is 0 Å². The average Bonchev–Trinajstić information content (AvgIpc) is 2.39. The van der Waals surface area contributed by atoms with E-state index in [0.717, 1.165) is 11.5 Å². The van der Waals surface area contributed by atoms with Gasteiger partial charge in [-0.3, -0.25) is 4.21 Å². The number of rotatable bonds is 12. The van der Waals surface area contributed by atoms with Crippen LogP contribution in [-0.4, -0.2) is 15.7 Å². The molecule has 0 N–H and O–H groups in total. The quantitative estimate of drug-likeness (QED) is 0.480. The standard InChI is InChI=1S/C16H34OS/c1-5-9-11-15(7-3)13-18(17)14-16(8-4)12-10-6-2/h15-16H,5-14H2,1-4H3/t15-,16+,18?. The van der Waals surface area contributed by atoms with E-state index in [0.29, 0.717) is 11.8 Å². The molecule has 2 heteroatoms. The maximum atomic E-state index is 12.2. The van der Waals surface area contributed by atoms with Crippen molar-refractivity contribution in [3.63, 3.8) is 0 Å². The van der Waals surface area contributed by atoms with Crippen LogP contribution in [0.4, 0.5) is 0 Å². The fourth-order valence-corrected chi connectivity index (χ4v) is 4.38. The third kappa shape index (κ3) is 9.13. The van der Waals surface area contributed by atoms with E-state index in [1.165, 1.54) is 51.4 Å². The van der Waals surface area contributed by atoms with Crippen LogP contribution in [0, 0.1) is 11.8 Å². The number of hydrogen-bond acceptors (Lipinski definition) is 1. The number of hydrogen-bond donors (Lipinski definition) is 0. The van der Waals surface area contributed by atoms with Gasteiger partial charge in [-0.25, -0.2) is 0 Å². The van der Waals surface area contributed by atoms with Crippen LogP contribution in [-0.2, 0) is 10.8 Å². The van der Waals surface area contributed by atoms with Crippen molar-refractivity contribution >= 4 is 10.8 Å². The molecule has 1 nitrogen and oxygen atoms in total. The highest BCUT2D eigenvalue weighted by Crippen LogP contribution is 2.18. The Morgan fingerprint density at radius 3 is 1.44 bits per heavy atom. The summed E-state index contributed by atoms with van der Waals surface area (Å²) in [6.07, 6.45) is 10.0. The Balaban J connectivity index is 3.96. The molecule has 0 radical (unpaired) electrons. The van der Waals surface area contributed by atoms with Gasteiger partial charge in [-0.05, 0) is 24.7 Å². The largest absolute Gasteiger partial charge is 0.260 e. The Bertz CT molecular complexity index is 183. The summed E-state index contributed by atoms with van der Waals surface area (Å²) in [5.74, 6) is 3.27. The monoisotopic (exact) mass is 274 g/mol. The predicted molar refractivity (Wildman–Crippen MR) is 84.5 cm³/mol. The second-order valence-electron chi connectivity index (χ2n) is 5.61. The normalized spacial score (nSPS) is 16.4. The van der Waals surface area contributed by atoms with Crippen molar-refractivity contribution in [3.8, 4) is 0 Å². The molecule has 110 valence electrons. The summed E-state index contributed by atoms with van der Waals surface area (Å²) in [6.45, 7) is 8.96. The van der Waals surface area contributed by atoms with Gasteiger partial charge in [0.2, 0.25) is 0 Å². The summed E-state index contributed by atoms with van der Waals surface area (Å²) < 4.78 is 12.2. The minimum Gasteiger partial charge on any atom is -0.260 e. The van der Waals surface area contributed by atoms with Crippen LogP contribution < -0.4 is 0 Å². The molecule has 0 amide bonds. The topological polar surface area (TPSA) is 17.1 Å². The first-order chi connectivity index (χ1) is 8.67. The Morgan fingerprint density at radius 2 is 1.17 bits per heavy atom. The van der Waals surface area contributed by atoms with Crippen LogP contribution in [0.25, 0.3) is 0 Å². The van der Waals surface area contributed by atoms with Crippen LogP contribution in [0.5, 0.6) is 0 Å². The van der Waals surface area contributed by atoms with Crippen molar-refractivity contribution in [1.82, 2.24) is 0 Å². The van der Waals surface area contributed by atoms with Crippen molar-refractivity contribution in [3.05, 3.63) is 0 Å². The van der Waals surface area contributed by atoms with Crippen LogP contribution in [0.15, 0.2) is 0 Å². The molecular formula is C16H34OS. The van der Waals surface area contributed by atoms with E-state index >= 15 is 0 Å². The molecule has 0 spiro atoms. The van der Waals surface area contributed by atoms with Gasteiger partial charge in [0.25, 0.3) is 0 Å². The zero-order valence-electron chi connectivity index (χ0n) is 13.0. The van der Waals surface area contributed by atoms with Crippen LogP contribution in [0.1, 0.15) is 79.1 Å². The molecule has 0 aromatic heterocycles. The second kappa shape index (κ2) is 12.2. The predicted octanol–water partition coefficient (Wildman–Crippen LogP) is 5.17. The first-order valence-electron chi connectivity index (χ1n) is 8.02. The lowest BCUT2D eigenvalue weighted by Crippen LogP contribution is -2.18. The molecule has 0 aliphatic rings. The van der Waals surface area contributed by atoms with Gasteiger partial charge >= 0.3 is 0 Å². The highest BCUT2D eigenvalue weighted by molar-refractivity contribution is 7.85. The highest BCUT2D eigenvalue weighted by Gasteiger charge is 2.14. The molecule has 0 saturated carbocycles. The van der Waals surface area contributed by atoms with Gasteiger partial charge < -0.3 is 0 Å². The summed E-state index contributed by atoms with van der Waals surface area (Å²) in [4.78, 5) is 0. The molecule has 0 aliphatic heterocycles. The summed E-state index contributed by atoms with van der Waals surface area (Å²) in [6, 6.07) is 0. The smallest absolute Gasteiger partial charge is 0.0263 e. The Hall–Kier alpha value is 0.150. The van der Waals surface area contributed by atoms with Gasteiger partial charge in [-0.15, -0.1) is 0 Å². The van der Waals surface area contributed by atoms with Crippen LogP contribution in [0.3, 0.4) is 0 Å². The van der Waals surface area contributed by atoms with Crippen molar-refractivity contribution in [2.24, 2.45) is 11.8 Å². The molecule has 0 heterocycles. The molecule has 3 atom stereocenters. The maximum Gasteiger partial charge on any atom is 0.0263 e. The Labute approximate surface area is 118 Å². The molecule has 0 aromatic rings. The highest BCUT2D eigenvalue weighted by atomic mass is 32.2. The third-order valence-corrected chi connectivity index (χ3v) is 5.62. The molecule has 0 bridgehead atoms. The summed E-state index contributed by atoms with van der Waals surface area (Å²) >= 11 is 0. The van der Waals surface area contributed by atoms with Gasteiger partial charge in [0, 0.05) is 22.3 Å². The minimum atomic E-state index is -0.587. The molecule has 0 rings (SSSR count). The molecule has 0 saturated heterocycles. The van der Waals surface area contributed by atoms with Gasteiger partial charge in [0.05, 0.1) is 0 Å². The summed E-state index contributed by atoms with van der Waals surface area (Å²) in [5, 5.41) is 0. The minimum absolute atomic E-state index is 0.587. The van der Waals surface area contributed by atoms with E-state index < -0.39 is 10.8 Å². The lowest BCUT2D eigenvalue weighted by Gasteiger charge is -2.17. The summed E-state index contributed by atoms with van der Waals surface area (Å²) in [7, 11) is -0.587. The Kier molecular flexibility index (Phi) is 12.3. The second-order valence-corrected chi connectivity index (χ2v) is 7.15. The molecule has 0 aliphatic carbocycles.